The molecule has 0 saturated carbocycles. The molecule has 0 radical (unpaired) electrons. The lowest BCUT2D eigenvalue weighted by atomic mass is 10.1. The van der Waals surface area contributed by atoms with Gasteiger partial charge >= 0.3 is 0 Å². The Hall–Kier alpha value is -3.27. The molecule has 1 N–H and O–H groups in total. The molecule has 0 saturated heterocycles. The number of carbonyl (C=O) groups excluding carboxylic acids is 1. The number of hydrogen-bond acceptors (Lipinski definition) is 6. The topological polar surface area (TPSA) is 92.5 Å². The van der Waals surface area contributed by atoms with Gasteiger partial charge in [0.25, 0.3) is 5.91 Å². The highest BCUT2D eigenvalue weighted by atomic mass is 32.2. The first kappa shape index (κ1) is 20.6. The third-order valence-electron chi connectivity index (χ3n) is 5.32. The number of nitrogens with one attached hydrogen (secondary N) is 1. The van der Waals surface area contributed by atoms with Gasteiger partial charge in [-0.25, -0.2) is 13.4 Å². The van der Waals surface area contributed by atoms with Gasteiger partial charge in [-0.2, -0.15) is 4.31 Å². The van der Waals surface area contributed by atoms with E-state index in [9.17, 15) is 13.2 Å². The van der Waals surface area contributed by atoms with Crippen molar-refractivity contribution in [2.75, 3.05) is 12.4 Å². The third kappa shape index (κ3) is 3.75. The molecule has 1 aliphatic rings. The average Bonchev–Trinajstić information content (AvgIpc) is 3.50. The SMILES string of the molecule is CN(Cc1ccco1)S(=O)(=O)c1ccc(C(=O)Nc2nc3c(s2)Cc2ccccc2-3)cc1. The number of anilines is 1. The number of carbonyl (C=O) groups is 1. The van der Waals surface area contributed by atoms with Crippen molar-refractivity contribution in [1.82, 2.24) is 9.29 Å². The molecule has 4 aromatic rings. The number of amides is 1. The van der Waals surface area contributed by atoms with Gasteiger partial charge in [0.1, 0.15) is 5.76 Å². The summed E-state index contributed by atoms with van der Waals surface area (Å²) in [5.41, 5.74) is 3.62. The van der Waals surface area contributed by atoms with E-state index in [4.69, 9.17) is 4.42 Å². The van der Waals surface area contributed by atoms with Gasteiger partial charge in [-0.05, 0) is 42.0 Å². The van der Waals surface area contributed by atoms with Crippen LogP contribution in [0.2, 0.25) is 0 Å². The molecule has 5 rings (SSSR count). The van der Waals surface area contributed by atoms with Crippen LogP contribution in [0.3, 0.4) is 0 Å². The Bertz CT molecular complexity index is 1390. The van der Waals surface area contributed by atoms with Gasteiger partial charge in [0, 0.05) is 29.5 Å². The van der Waals surface area contributed by atoms with Crippen molar-refractivity contribution in [2.45, 2.75) is 17.9 Å². The summed E-state index contributed by atoms with van der Waals surface area (Å²) in [4.78, 5) is 18.5. The highest BCUT2D eigenvalue weighted by Gasteiger charge is 2.24. The Kier molecular flexibility index (Phi) is 5.16. The molecule has 2 aromatic carbocycles. The number of thiazole rings is 1. The molecule has 0 fully saturated rings. The van der Waals surface area contributed by atoms with Crippen LogP contribution in [0.5, 0.6) is 0 Å². The third-order valence-corrected chi connectivity index (χ3v) is 8.11. The van der Waals surface area contributed by atoms with Crippen LogP contribution < -0.4 is 5.32 Å². The van der Waals surface area contributed by atoms with Crippen molar-refractivity contribution < 1.29 is 17.6 Å². The molecular weight excluding hydrogens is 446 g/mol. The summed E-state index contributed by atoms with van der Waals surface area (Å²) < 4.78 is 32.0. The second-order valence-corrected chi connectivity index (χ2v) is 10.6. The average molecular weight is 466 g/mol. The Labute approximate surface area is 189 Å². The zero-order valence-electron chi connectivity index (χ0n) is 17.1. The van der Waals surface area contributed by atoms with Gasteiger partial charge < -0.3 is 4.42 Å². The molecule has 0 bridgehead atoms. The number of benzene rings is 2. The maximum atomic E-state index is 12.8. The summed E-state index contributed by atoms with van der Waals surface area (Å²) in [6, 6.07) is 17.4. The fraction of sp³-hybridized carbons (Fsp3) is 0.130. The Morgan fingerprint density at radius 3 is 2.66 bits per heavy atom. The van der Waals surface area contributed by atoms with Crippen LogP contribution in [0.4, 0.5) is 5.13 Å². The van der Waals surface area contributed by atoms with Crippen LogP contribution in [0.25, 0.3) is 11.3 Å². The number of nitrogens with zero attached hydrogens (tertiary/aromatic N) is 2. The number of sulfonamides is 1. The highest BCUT2D eigenvalue weighted by Crippen LogP contribution is 2.40. The molecule has 162 valence electrons. The predicted molar refractivity (Wildman–Crippen MR) is 122 cm³/mol. The lowest BCUT2D eigenvalue weighted by Gasteiger charge is -2.16. The molecule has 0 aliphatic heterocycles. The molecule has 0 unspecified atom stereocenters. The first-order valence-electron chi connectivity index (χ1n) is 9.90. The van der Waals surface area contributed by atoms with Crippen LogP contribution in [-0.4, -0.2) is 30.7 Å². The Morgan fingerprint density at radius 1 is 1.12 bits per heavy atom. The molecule has 1 amide bonds. The fourth-order valence-corrected chi connectivity index (χ4v) is 5.78. The molecule has 32 heavy (non-hydrogen) atoms. The normalized spacial score (nSPS) is 12.6. The first-order chi connectivity index (χ1) is 15.4. The second kappa shape index (κ2) is 8.01. The van der Waals surface area contributed by atoms with Crippen LogP contribution >= 0.6 is 11.3 Å². The standard InChI is InChI=1S/C23H19N3O4S2/c1-26(14-17-6-4-12-30-17)32(28,29)18-10-8-15(9-11-18)22(27)25-23-24-21-19-7-3-2-5-16(19)13-20(21)31-23/h2-12H,13-14H2,1H3,(H,24,25,27). The van der Waals surface area contributed by atoms with E-state index in [1.165, 1.54) is 58.8 Å². The number of rotatable bonds is 6. The maximum Gasteiger partial charge on any atom is 0.257 e. The van der Waals surface area contributed by atoms with Gasteiger partial charge in [0.15, 0.2) is 5.13 Å². The van der Waals surface area contributed by atoms with Crippen molar-refractivity contribution in [1.29, 1.82) is 0 Å². The molecule has 0 atom stereocenters. The molecule has 0 spiro atoms. The maximum absolute atomic E-state index is 12.8. The van der Waals surface area contributed by atoms with Gasteiger partial charge in [-0.15, -0.1) is 11.3 Å². The molecule has 9 heteroatoms. The van der Waals surface area contributed by atoms with E-state index in [1.54, 1.807) is 12.1 Å². The molecule has 1 aliphatic carbocycles. The minimum atomic E-state index is -3.71. The van der Waals surface area contributed by atoms with Gasteiger partial charge in [0.2, 0.25) is 10.0 Å². The molecular formula is C23H19N3O4S2. The number of fused-ring (bicyclic) bond motifs is 3. The van der Waals surface area contributed by atoms with E-state index >= 15 is 0 Å². The largest absolute Gasteiger partial charge is 0.468 e. The Morgan fingerprint density at radius 2 is 1.91 bits per heavy atom. The monoisotopic (exact) mass is 465 g/mol. The summed E-state index contributed by atoms with van der Waals surface area (Å²) >= 11 is 1.46. The quantitative estimate of drug-likeness (QED) is 0.402. The molecule has 7 nitrogen and oxygen atoms in total. The molecule has 2 aromatic heterocycles. The lowest BCUT2D eigenvalue weighted by molar-refractivity contribution is 0.102. The summed E-state index contributed by atoms with van der Waals surface area (Å²) in [5, 5.41) is 3.36. The van der Waals surface area contributed by atoms with E-state index in [0.717, 1.165) is 22.6 Å². The van der Waals surface area contributed by atoms with E-state index in [0.29, 0.717) is 16.5 Å². The fourth-order valence-electron chi connectivity index (χ4n) is 3.65. The summed E-state index contributed by atoms with van der Waals surface area (Å²) in [5.74, 6) is 0.212. The van der Waals surface area contributed by atoms with Gasteiger partial charge in [0.05, 0.1) is 23.4 Å². The van der Waals surface area contributed by atoms with E-state index in [-0.39, 0.29) is 17.3 Å². The zero-order chi connectivity index (χ0) is 22.3. The van der Waals surface area contributed by atoms with Crippen molar-refractivity contribution in [2.24, 2.45) is 0 Å². The number of furan rings is 1. The van der Waals surface area contributed by atoms with Crippen molar-refractivity contribution in [3.05, 3.63) is 88.7 Å². The highest BCUT2D eigenvalue weighted by molar-refractivity contribution is 7.89. The van der Waals surface area contributed by atoms with Crippen LogP contribution in [0.15, 0.2) is 76.2 Å². The summed E-state index contributed by atoms with van der Waals surface area (Å²) in [6.07, 6.45) is 2.32. The van der Waals surface area contributed by atoms with E-state index < -0.39 is 10.0 Å². The van der Waals surface area contributed by atoms with Gasteiger partial charge in [-0.3, -0.25) is 10.1 Å². The van der Waals surface area contributed by atoms with Crippen LogP contribution in [0, 0.1) is 0 Å². The first-order valence-corrected chi connectivity index (χ1v) is 12.2. The van der Waals surface area contributed by atoms with E-state index in [1.807, 2.05) is 18.2 Å². The van der Waals surface area contributed by atoms with Crippen molar-refractivity contribution >= 4 is 32.4 Å². The molecule has 2 heterocycles. The summed E-state index contributed by atoms with van der Waals surface area (Å²) in [7, 11) is -2.23. The Balaban J connectivity index is 1.29. The van der Waals surface area contributed by atoms with Crippen LogP contribution in [0.1, 0.15) is 26.6 Å². The van der Waals surface area contributed by atoms with Crippen molar-refractivity contribution in [3.63, 3.8) is 0 Å². The number of hydrogen-bond donors (Lipinski definition) is 1. The lowest BCUT2D eigenvalue weighted by Crippen LogP contribution is -2.26. The van der Waals surface area contributed by atoms with E-state index in [2.05, 4.69) is 16.4 Å². The van der Waals surface area contributed by atoms with Gasteiger partial charge in [-0.1, -0.05) is 24.3 Å². The predicted octanol–water partition coefficient (Wildman–Crippen LogP) is 4.38. The minimum Gasteiger partial charge on any atom is -0.468 e. The summed E-state index contributed by atoms with van der Waals surface area (Å²) in [6.45, 7) is 0.120. The second-order valence-electron chi connectivity index (χ2n) is 7.44. The minimum absolute atomic E-state index is 0.105. The van der Waals surface area contributed by atoms with Crippen molar-refractivity contribution in [3.8, 4) is 11.3 Å². The van der Waals surface area contributed by atoms with Crippen LogP contribution in [-0.2, 0) is 23.0 Å². The smallest absolute Gasteiger partial charge is 0.257 e. The number of aromatic nitrogens is 1. The zero-order valence-corrected chi connectivity index (χ0v) is 18.7.